The molecule has 0 aromatic heterocycles. The molecule has 2 rings (SSSR count). The quantitative estimate of drug-likeness (QED) is 0.836. The Morgan fingerprint density at radius 3 is 2.76 bits per heavy atom. The van der Waals surface area contributed by atoms with Crippen LogP contribution < -0.4 is 5.32 Å². The summed E-state index contributed by atoms with van der Waals surface area (Å²) in [6.07, 6.45) is 3.02. The van der Waals surface area contributed by atoms with Crippen LogP contribution in [0.3, 0.4) is 0 Å². The molecule has 5 nitrogen and oxygen atoms in total. The normalized spacial score (nSPS) is 19.9. The predicted molar refractivity (Wildman–Crippen MR) is 81.1 cm³/mol. The Labute approximate surface area is 125 Å². The van der Waals surface area contributed by atoms with E-state index in [1.54, 1.807) is 36.4 Å². The van der Waals surface area contributed by atoms with Crippen molar-refractivity contribution in [1.82, 2.24) is 9.62 Å². The first-order valence-corrected chi connectivity index (χ1v) is 8.43. The number of piperidine rings is 1. The lowest BCUT2D eigenvalue weighted by Gasteiger charge is -2.31. The van der Waals surface area contributed by atoms with Crippen molar-refractivity contribution in [3.05, 3.63) is 43.0 Å². The van der Waals surface area contributed by atoms with Crippen molar-refractivity contribution in [3.8, 4) is 0 Å². The van der Waals surface area contributed by atoms with E-state index in [0.717, 1.165) is 0 Å². The van der Waals surface area contributed by atoms with Gasteiger partial charge in [0.2, 0.25) is 15.9 Å². The molecular formula is C15H20N2O3S. The Hall–Kier alpha value is -1.66. The van der Waals surface area contributed by atoms with Crippen molar-refractivity contribution in [2.75, 3.05) is 19.6 Å². The summed E-state index contributed by atoms with van der Waals surface area (Å²) in [5.74, 6) is -0.403. The van der Waals surface area contributed by atoms with Gasteiger partial charge in [-0.25, -0.2) is 8.42 Å². The van der Waals surface area contributed by atoms with Crippen LogP contribution in [0.5, 0.6) is 0 Å². The number of hydrogen-bond acceptors (Lipinski definition) is 3. The topological polar surface area (TPSA) is 66.5 Å². The summed E-state index contributed by atoms with van der Waals surface area (Å²) in [5, 5.41) is 2.74. The number of sulfonamides is 1. The highest BCUT2D eigenvalue weighted by Gasteiger charge is 2.32. The summed E-state index contributed by atoms with van der Waals surface area (Å²) in [6, 6.07) is 8.34. The maximum absolute atomic E-state index is 12.5. The van der Waals surface area contributed by atoms with Gasteiger partial charge >= 0.3 is 0 Å². The fraction of sp³-hybridized carbons (Fsp3) is 0.400. The van der Waals surface area contributed by atoms with Crippen LogP contribution in [-0.2, 0) is 14.8 Å². The van der Waals surface area contributed by atoms with Crippen LogP contribution >= 0.6 is 0 Å². The molecule has 0 bridgehead atoms. The first kappa shape index (κ1) is 15.7. The van der Waals surface area contributed by atoms with Crippen molar-refractivity contribution >= 4 is 15.9 Å². The minimum Gasteiger partial charge on any atom is -0.352 e. The van der Waals surface area contributed by atoms with E-state index < -0.39 is 10.0 Å². The van der Waals surface area contributed by atoms with Gasteiger partial charge in [0.15, 0.2) is 0 Å². The van der Waals surface area contributed by atoms with Gasteiger partial charge in [0.25, 0.3) is 0 Å². The van der Waals surface area contributed by atoms with Gasteiger partial charge in [0.05, 0.1) is 10.8 Å². The number of benzene rings is 1. The standard InChI is InChI=1S/C15H20N2O3S/c1-2-10-16-15(18)13-7-6-11-17(12-13)21(19,20)14-8-4-3-5-9-14/h2-5,8-9,13H,1,6-7,10-12H2,(H,16,18)/t13-/m0/s1. The zero-order chi connectivity index (χ0) is 15.3. The van der Waals surface area contributed by atoms with Gasteiger partial charge < -0.3 is 5.32 Å². The first-order chi connectivity index (χ1) is 10.1. The first-order valence-electron chi connectivity index (χ1n) is 6.99. The Bertz CT molecular complexity index is 599. The molecule has 1 atom stereocenters. The average molecular weight is 308 g/mol. The van der Waals surface area contributed by atoms with Gasteiger partial charge in [-0.2, -0.15) is 4.31 Å². The van der Waals surface area contributed by atoms with Crippen LogP contribution in [0.4, 0.5) is 0 Å². The zero-order valence-electron chi connectivity index (χ0n) is 11.9. The molecule has 0 spiro atoms. The third-order valence-corrected chi connectivity index (χ3v) is 5.44. The molecule has 0 aliphatic carbocycles. The van der Waals surface area contributed by atoms with Gasteiger partial charge in [0.1, 0.15) is 0 Å². The molecule has 0 unspecified atom stereocenters. The van der Waals surface area contributed by atoms with E-state index in [2.05, 4.69) is 11.9 Å². The molecule has 114 valence electrons. The number of carbonyl (C=O) groups excluding carboxylic acids is 1. The Morgan fingerprint density at radius 1 is 1.38 bits per heavy atom. The lowest BCUT2D eigenvalue weighted by molar-refractivity contribution is -0.125. The number of hydrogen-bond donors (Lipinski definition) is 1. The lowest BCUT2D eigenvalue weighted by atomic mass is 9.99. The Balaban J connectivity index is 2.10. The summed E-state index contributed by atoms with van der Waals surface area (Å²) in [7, 11) is -3.52. The Kier molecular flexibility index (Phi) is 5.14. The minimum absolute atomic E-state index is 0.108. The smallest absolute Gasteiger partial charge is 0.243 e. The number of nitrogens with one attached hydrogen (secondary N) is 1. The fourth-order valence-corrected chi connectivity index (χ4v) is 3.98. The van der Waals surface area contributed by atoms with Crippen LogP contribution in [0.1, 0.15) is 12.8 Å². The van der Waals surface area contributed by atoms with E-state index in [4.69, 9.17) is 0 Å². The SMILES string of the molecule is C=CCNC(=O)[C@H]1CCCN(S(=O)(=O)c2ccccc2)C1. The molecule has 0 saturated carbocycles. The maximum Gasteiger partial charge on any atom is 0.243 e. The van der Waals surface area contributed by atoms with E-state index in [-0.39, 0.29) is 23.3 Å². The van der Waals surface area contributed by atoms with Crippen LogP contribution in [0.25, 0.3) is 0 Å². The van der Waals surface area contributed by atoms with E-state index >= 15 is 0 Å². The largest absolute Gasteiger partial charge is 0.352 e. The van der Waals surface area contributed by atoms with Crippen LogP contribution in [-0.4, -0.2) is 38.3 Å². The van der Waals surface area contributed by atoms with Gasteiger partial charge in [-0.15, -0.1) is 6.58 Å². The summed E-state index contributed by atoms with van der Waals surface area (Å²) in [5.41, 5.74) is 0. The molecular weight excluding hydrogens is 288 g/mol. The van der Waals surface area contributed by atoms with Crippen LogP contribution in [0.2, 0.25) is 0 Å². The number of rotatable bonds is 5. The summed E-state index contributed by atoms with van der Waals surface area (Å²) >= 11 is 0. The van der Waals surface area contributed by atoms with E-state index in [0.29, 0.717) is 25.9 Å². The maximum atomic E-state index is 12.5. The Morgan fingerprint density at radius 2 is 2.10 bits per heavy atom. The van der Waals surface area contributed by atoms with Crippen molar-refractivity contribution in [3.63, 3.8) is 0 Å². The lowest BCUT2D eigenvalue weighted by Crippen LogP contribution is -2.45. The van der Waals surface area contributed by atoms with Crippen LogP contribution in [0.15, 0.2) is 47.9 Å². The van der Waals surface area contributed by atoms with Crippen molar-refractivity contribution in [2.45, 2.75) is 17.7 Å². The minimum atomic E-state index is -3.52. The molecule has 1 saturated heterocycles. The van der Waals surface area contributed by atoms with E-state index in [1.165, 1.54) is 4.31 Å². The molecule has 0 radical (unpaired) electrons. The second kappa shape index (κ2) is 6.87. The number of carbonyl (C=O) groups is 1. The molecule has 1 aliphatic heterocycles. The summed E-state index contributed by atoms with van der Waals surface area (Å²) in [6.45, 7) is 4.65. The highest BCUT2D eigenvalue weighted by atomic mass is 32.2. The average Bonchev–Trinajstić information content (AvgIpc) is 2.53. The van der Waals surface area contributed by atoms with Gasteiger partial charge in [-0.05, 0) is 25.0 Å². The molecule has 1 amide bonds. The predicted octanol–water partition coefficient (Wildman–Crippen LogP) is 1.39. The number of amides is 1. The molecule has 1 aromatic rings. The highest BCUT2D eigenvalue weighted by molar-refractivity contribution is 7.89. The molecule has 1 aliphatic rings. The van der Waals surface area contributed by atoms with Gasteiger partial charge in [0, 0.05) is 19.6 Å². The fourth-order valence-electron chi connectivity index (χ4n) is 2.43. The molecule has 1 fully saturated rings. The molecule has 1 aromatic carbocycles. The van der Waals surface area contributed by atoms with Gasteiger partial charge in [-0.3, -0.25) is 4.79 Å². The second-order valence-corrected chi connectivity index (χ2v) is 6.99. The zero-order valence-corrected chi connectivity index (χ0v) is 12.7. The van der Waals surface area contributed by atoms with Gasteiger partial charge in [-0.1, -0.05) is 24.3 Å². The van der Waals surface area contributed by atoms with E-state index in [1.807, 2.05) is 0 Å². The second-order valence-electron chi connectivity index (χ2n) is 5.05. The highest BCUT2D eigenvalue weighted by Crippen LogP contribution is 2.23. The van der Waals surface area contributed by atoms with Crippen molar-refractivity contribution in [2.24, 2.45) is 5.92 Å². The summed E-state index contributed by atoms with van der Waals surface area (Å²) < 4.78 is 26.5. The molecule has 6 heteroatoms. The molecule has 1 heterocycles. The molecule has 21 heavy (non-hydrogen) atoms. The van der Waals surface area contributed by atoms with Crippen molar-refractivity contribution in [1.29, 1.82) is 0 Å². The monoisotopic (exact) mass is 308 g/mol. The van der Waals surface area contributed by atoms with Crippen molar-refractivity contribution < 1.29 is 13.2 Å². The third kappa shape index (κ3) is 3.71. The van der Waals surface area contributed by atoms with Crippen LogP contribution in [0, 0.1) is 5.92 Å². The molecule has 1 N–H and O–H groups in total. The van der Waals surface area contributed by atoms with E-state index in [9.17, 15) is 13.2 Å². The summed E-state index contributed by atoms with van der Waals surface area (Å²) in [4.78, 5) is 12.3. The number of nitrogens with zero attached hydrogens (tertiary/aromatic N) is 1. The third-order valence-electron chi connectivity index (χ3n) is 3.56.